The Morgan fingerprint density at radius 2 is 2.03 bits per heavy atom. The number of fused-ring (bicyclic) bond motifs is 1. The highest BCUT2D eigenvalue weighted by molar-refractivity contribution is 7.22. The van der Waals surface area contributed by atoms with E-state index in [1.54, 1.807) is 34.6 Å². The molecule has 8 heteroatoms. The molecule has 172 valence electrons. The maximum absolute atomic E-state index is 12.6. The van der Waals surface area contributed by atoms with Gasteiger partial charge in [-0.1, -0.05) is 30.6 Å². The van der Waals surface area contributed by atoms with E-state index in [1.807, 2.05) is 30.3 Å². The Balaban J connectivity index is 1.29. The first-order chi connectivity index (χ1) is 16.2. The molecule has 3 heterocycles. The molecule has 1 aromatic carbocycles. The van der Waals surface area contributed by atoms with Crippen LogP contribution in [0, 0.1) is 5.92 Å². The normalized spacial score (nSPS) is 15.6. The molecule has 3 aromatic heterocycles. The molecule has 0 unspecified atom stereocenters. The van der Waals surface area contributed by atoms with Crippen LogP contribution in [0.3, 0.4) is 0 Å². The number of benzene rings is 1. The van der Waals surface area contributed by atoms with Crippen LogP contribution in [-0.4, -0.2) is 32.5 Å². The molecule has 33 heavy (non-hydrogen) atoms. The third-order valence-electron chi connectivity index (χ3n) is 6.28. The average molecular weight is 466 g/mol. The second-order valence-electron chi connectivity index (χ2n) is 8.64. The Kier molecular flexibility index (Phi) is 6.53. The molecule has 0 spiro atoms. The van der Waals surface area contributed by atoms with E-state index in [9.17, 15) is 4.39 Å². The van der Waals surface area contributed by atoms with Gasteiger partial charge in [-0.2, -0.15) is 5.10 Å². The molecule has 0 aliphatic heterocycles. The highest BCUT2D eigenvalue weighted by Gasteiger charge is 2.21. The summed E-state index contributed by atoms with van der Waals surface area (Å²) in [6, 6.07) is 10.1. The predicted octanol–water partition coefficient (Wildman–Crippen LogP) is 6.70. The molecule has 1 saturated carbocycles. The molecule has 0 radical (unpaired) electrons. The minimum atomic E-state index is -0.450. The molecule has 6 nitrogen and oxygen atoms in total. The molecule has 5 rings (SSSR count). The lowest BCUT2D eigenvalue weighted by Gasteiger charge is -2.28. The van der Waals surface area contributed by atoms with Crippen molar-refractivity contribution < 1.29 is 9.13 Å². The van der Waals surface area contributed by atoms with Crippen LogP contribution < -0.4 is 10.1 Å². The first-order valence-electron chi connectivity index (χ1n) is 11.6. The smallest absolute Gasteiger partial charge is 0.184 e. The zero-order valence-corrected chi connectivity index (χ0v) is 19.5. The number of rotatable bonds is 8. The third-order valence-corrected chi connectivity index (χ3v) is 7.23. The molecule has 1 aliphatic carbocycles. The Hall–Kier alpha value is -3.00. The molecule has 0 saturated heterocycles. The summed E-state index contributed by atoms with van der Waals surface area (Å²) in [5.41, 5.74) is 2.54. The maximum atomic E-state index is 12.6. The number of nitrogens with one attached hydrogen (secondary N) is 1. The quantitative estimate of drug-likeness (QED) is 0.314. The van der Waals surface area contributed by atoms with E-state index in [1.165, 1.54) is 32.1 Å². The van der Waals surface area contributed by atoms with Crippen molar-refractivity contribution in [1.29, 1.82) is 0 Å². The summed E-state index contributed by atoms with van der Waals surface area (Å²) < 4.78 is 21.3. The molecule has 1 fully saturated rings. The molecular weight excluding hydrogens is 437 g/mol. The topological polar surface area (TPSA) is 64.9 Å². The number of aromatic nitrogens is 4. The second-order valence-corrected chi connectivity index (χ2v) is 9.67. The van der Waals surface area contributed by atoms with Gasteiger partial charge in [-0.05, 0) is 43.9 Å². The lowest BCUT2D eigenvalue weighted by molar-refractivity contribution is 0.328. The van der Waals surface area contributed by atoms with Gasteiger partial charge in [0.1, 0.15) is 18.2 Å². The summed E-state index contributed by atoms with van der Waals surface area (Å²) in [6.45, 7) is 2.06. The number of hydrogen-bond donors (Lipinski definition) is 1. The van der Waals surface area contributed by atoms with Gasteiger partial charge < -0.3 is 10.1 Å². The minimum absolute atomic E-state index is 0.237. The van der Waals surface area contributed by atoms with Crippen LogP contribution in [0.15, 0.2) is 48.9 Å². The second kappa shape index (κ2) is 9.87. The molecule has 1 N–H and O–H groups in total. The van der Waals surface area contributed by atoms with Crippen molar-refractivity contribution in [3.05, 3.63) is 48.9 Å². The van der Waals surface area contributed by atoms with Crippen molar-refractivity contribution in [3.8, 4) is 22.8 Å². The van der Waals surface area contributed by atoms with E-state index in [-0.39, 0.29) is 6.54 Å². The minimum Gasteiger partial charge on any atom is -0.457 e. The number of halogens is 1. The zero-order chi connectivity index (χ0) is 22.6. The number of alkyl halides is 1. The lowest BCUT2D eigenvalue weighted by Crippen LogP contribution is -2.27. The number of aryl methyl sites for hydroxylation is 1. The van der Waals surface area contributed by atoms with Crippen LogP contribution in [0.5, 0.6) is 11.5 Å². The van der Waals surface area contributed by atoms with Crippen LogP contribution in [0.25, 0.3) is 21.5 Å². The van der Waals surface area contributed by atoms with Gasteiger partial charge in [-0.3, -0.25) is 9.67 Å². The third kappa shape index (κ3) is 5.16. The van der Waals surface area contributed by atoms with E-state index >= 15 is 0 Å². The fourth-order valence-electron chi connectivity index (χ4n) is 4.45. The summed E-state index contributed by atoms with van der Waals surface area (Å²) in [6.07, 6.45) is 11.9. The Morgan fingerprint density at radius 1 is 1.18 bits per heavy atom. The summed E-state index contributed by atoms with van der Waals surface area (Å²) >= 11 is 1.67. The first-order valence-corrected chi connectivity index (χ1v) is 12.4. The van der Waals surface area contributed by atoms with E-state index in [4.69, 9.17) is 9.72 Å². The van der Waals surface area contributed by atoms with Crippen molar-refractivity contribution in [2.24, 2.45) is 5.92 Å². The van der Waals surface area contributed by atoms with Gasteiger partial charge in [0.05, 0.1) is 28.7 Å². The molecule has 1 atom stereocenters. The van der Waals surface area contributed by atoms with Crippen LogP contribution >= 0.6 is 11.3 Å². The SMILES string of the molecule is C[C@H](Nc1nc2ccc(Oc3ccnc(-c4cnn(CCF)c4)c3)cc2s1)C1CCCCC1. The van der Waals surface area contributed by atoms with Crippen LogP contribution in [-0.2, 0) is 6.54 Å². The number of hydrogen-bond acceptors (Lipinski definition) is 6. The average Bonchev–Trinajstić information content (AvgIpc) is 3.46. The number of anilines is 1. The van der Waals surface area contributed by atoms with Gasteiger partial charge in [-0.25, -0.2) is 9.37 Å². The summed E-state index contributed by atoms with van der Waals surface area (Å²) in [7, 11) is 0. The number of pyridine rings is 1. The van der Waals surface area contributed by atoms with Gasteiger partial charge in [-0.15, -0.1) is 0 Å². The Labute approximate surface area is 196 Å². The van der Waals surface area contributed by atoms with Gasteiger partial charge in [0.2, 0.25) is 0 Å². The van der Waals surface area contributed by atoms with Gasteiger partial charge in [0.15, 0.2) is 5.13 Å². The predicted molar refractivity (Wildman–Crippen MR) is 131 cm³/mol. The largest absolute Gasteiger partial charge is 0.457 e. The van der Waals surface area contributed by atoms with Gasteiger partial charge in [0, 0.05) is 36.1 Å². The Morgan fingerprint density at radius 3 is 2.88 bits per heavy atom. The highest BCUT2D eigenvalue weighted by atomic mass is 32.1. The first kappa shape index (κ1) is 21.8. The molecule has 0 amide bonds. The van der Waals surface area contributed by atoms with Gasteiger partial charge in [0.25, 0.3) is 0 Å². The van der Waals surface area contributed by atoms with Crippen molar-refractivity contribution in [2.45, 2.75) is 51.6 Å². The van der Waals surface area contributed by atoms with E-state index in [0.29, 0.717) is 11.8 Å². The number of thiazole rings is 1. The summed E-state index contributed by atoms with van der Waals surface area (Å²) in [5.74, 6) is 2.17. The summed E-state index contributed by atoms with van der Waals surface area (Å²) in [4.78, 5) is 9.17. The van der Waals surface area contributed by atoms with Crippen molar-refractivity contribution in [3.63, 3.8) is 0 Å². The molecule has 1 aliphatic rings. The zero-order valence-electron chi connectivity index (χ0n) is 18.7. The van der Waals surface area contributed by atoms with Crippen LogP contribution in [0.4, 0.5) is 9.52 Å². The monoisotopic (exact) mass is 465 g/mol. The molecule has 0 bridgehead atoms. The molecule has 4 aromatic rings. The van der Waals surface area contributed by atoms with Gasteiger partial charge >= 0.3 is 0 Å². The standard InChI is InChI=1S/C25H28FN5OS/c1-17(18-5-3-2-4-6-18)29-25-30-22-8-7-20(14-24(22)33-25)32-21-9-11-27-23(13-21)19-15-28-31(16-19)12-10-26/h7-9,11,13-18H,2-6,10,12H2,1H3,(H,29,30)/t17-/m0/s1. The summed E-state index contributed by atoms with van der Waals surface area (Å²) in [5, 5.41) is 8.77. The van der Waals surface area contributed by atoms with Crippen LogP contribution in [0.2, 0.25) is 0 Å². The fraction of sp³-hybridized carbons (Fsp3) is 0.400. The van der Waals surface area contributed by atoms with Crippen molar-refractivity contribution in [2.75, 3.05) is 12.0 Å². The van der Waals surface area contributed by atoms with E-state index in [0.717, 1.165) is 38.3 Å². The lowest BCUT2D eigenvalue weighted by atomic mass is 9.85. The molecular formula is C25H28FN5OS. The Bertz CT molecular complexity index is 1220. The van der Waals surface area contributed by atoms with Crippen LogP contribution in [0.1, 0.15) is 39.0 Å². The maximum Gasteiger partial charge on any atom is 0.184 e. The van der Waals surface area contributed by atoms with E-state index < -0.39 is 6.67 Å². The van der Waals surface area contributed by atoms with E-state index in [2.05, 4.69) is 22.3 Å². The fourth-order valence-corrected chi connectivity index (χ4v) is 5.44. The van der Waals surface area contributed by atoms with Crippen molar-refractivity contribution >= 4 is 26.7 Å². The number of ether oxygens (including phenoxy) is 1. The number of nitrogens with zero attached hydrogens (tertiary/aromatic N) is 4. The van der Waals surface area contributed by atoms with Crippen molar-refractivity contribution in [1.82, 2.24) is 19.7 Å². The highest BCUT2D eigenvalue weighted by Crippen LogP contribution is 2.34.